The number of allylic oxidation sites excluding steroid dienone is 4. The van der Waals surface area contributed by atoms with Gasteiger partial charge in [0.25, 0.3) is 0 Å². The zero-order valence-electron chi connectivity index (χ0n) is 25.2. The predicted octanol–water partition coefficient (Wildman–Crippen LogP) is 11.4. The van der Waals surface area contributed by atoms with Gasteiger partial charge in [-0.05, 0) is 132 Å². The Balaban J connectivity index is 1.43. The molecule has 0 amide bonds. The number of benzene rings is 5. The van der Waals surface area contributed by atoms with E-state index in [0.717, 1.165) is 17.5 Å². The molecule has 45 heavy (non-hydrogen) atoms. The van der Waals surface area contributed by atoms with Crippen LogP contribution in [0.3, 0.4) is 0 Å². The summed E-state index contributed by atoms with van der Waals surface area (Å²) in [5, 5.41) is 5.01. The summed E-state index contributed by atoms with van der Waals surface area (Å²) in [5.41, 5.74) is 12.2. The molecule has 0 saturated carbocycles. The van der Waals surface area contributed by atoms with Crippen molar-refractivity contribution in [1.29, 1.82) is 0 Å². The van der Waals surface area contributed by atoms with Gasteiger partial charge >= 0.3 is 0 Å². The number of hydrogen-bond donors (Lipinski definition) is 0. The Morgan fingerprint density at radius 1 is 0.467 bits per heavy atom. The third kappa shape index (κ3) is 5.05. The van der Waals surface area contributed by atoms with Crippen LogP contribution in [0.15, 0.2) is 158 Å². The minimum atomic E-state index is 0.573. The molecule has 1 aliphatic rings. The van der Waals surface area contributed by atoms with Crippen LogP contribution in [0.5, 0.6) is 0 Å². The normalized spacial score (nSPS) is 14.5. The standard InChI is InChI=1S/C43H32N2/c1-29-12-14-30(15-13-29)35-16-17-40-41(28-35)43(37-9-5-7-34(27-37)32-20-24-45-25-21-32)39-11-3-2-10-38(39)42(40)36-8-4-6-33(26-36)31-18-22-44-23-19-31/h2-12,14-29H,13H2,1H3. The maximum absolute atomic E-state index is 4.24. The first kappa shape index (κ1) is 27.0. The van der Waals surface area contributed by atoms with Crippen LogP contribution in [0, 0.1) is 5.92 Å². The molecule has 2 nitrogen and oxygen atoms in total. The van der Waals surface area contributed by atoms with Gasteiger partial charge in [-0.2, -0.15) is 0 Å². The molecule has 1 aliphatic carbocycles. The van der Waals surface area contributed by atoms with Crippen LogP contribution in [0.2, 0.25) is 0 Å². The lowest BCUT2D eigenvalue weighted by Gasteiger charge is -2.20. The summed E-state index contributed by atoms with van der Waals surface area (Å²) in [6, 6.07) is 42.1. The highest BCUT2D eigenvalue weighted by molar-refractivity contribution is 6.22. The van der Waals surface area contributed by atoms with Crippen LogP contribution in [-0.4, -0.2) is 9.97 Å². The maximum Gasteiger partial charge on any atom is 0.0273 e. The van der Waals surface area contributed by atoms with E-state index < -0.39 is 0 Å². The van der Waals surface area contributed by atoms with Gasteiger partial charge in [0.05, 0.1) is 0 Å². The predicted molar refractivity (Wildman–Crippen MR) is 190 cm³/mol. The molecule has 8 rings (SSSR count). The topological polar surface area (TPSA) is 25.8 Å². The summed E-state index contributed by atoms with van der Waals surface area (Å²) in [7, 11) is 0. The molecule has 214 valence electrons. The molecule has 0 fully saturated rings. The SMILES string of the molecule is CC1C=CC(c2ccc3c(-c4cccc(-c5ccncc5)c4)c4ccccc4c(-c4cccc(-c5ccncc5)c4)c3c2)=CC1. The molecule has 1 unspecified atom stereocenters. The van der Waals surface area contributed by atoms with Gasteiger partial charge in [0.2, 0.25) is 0 Å². The van der Waals surface area contributed by atoms with E-state index in [2.05, 4.69) is 150 Å². The fourth-order valence-corrected chi connectivity index (χ4v) is 6.72. The van der Waals surface area contributed by atoms with Gasteiger partial charge in [0.15, 0.2) is 0 Å². The first-order valence-corrected chi connectivity index (χ1v) is 15.6. The first-order chi connectivity index (χ1) is 22.2. The van der Waals surface area contributed by atoms with E-state index in [-0.39, 0.29) is 0 Å². The van der Waals surface area contributed by atoms with Gasteiger partial charge in [-0.3, -0.25) is 9.97 Å². The van der Waals surface area contributed by atoms with E-state index in [1.54, 1.807) is 0 Å². The highest BCUT2D eigenvalue weighted by Gasteiger charge is 2.19. The highest BCUT2D eigenvalue weighted by Crippen LogP contribution is 2.45. The van der Waals surface area contributed by atoms with Gasteiger partial charge in [-0.15, -0.1) is 0 Å². The second-order valence-corrected chi connectivity index (χ2v) is 11.9. The second kappa shape index (κ2) is 11.5. The number of pyridine rings is 2. The summed E-state index contributed by atoms with van der Waals surface area (Å²) in [6.07, 6.45) is 15.5. The van der Waals surface area contributed by atoms with Gasteiger partial charge in [0.1, 0.15) is 0 Å². The van der Waals surface area contributed by atoms with Crippen molar-refractivity contribution in [3.05, 3.63) is 164 Å². The van der Waals surface area contributed by atoms with Crippen LogP contribution in [0.25, 0.3) is 71.6 Å². The molecule has 0 radical (unpaired) electrons. The summed E-state index contributed by atoms with van der Waals surface area (Å²) in [5.74, 6) is 0.573. The van der Waals surface area contributed by atoms with E-state index >= 15 is 0 Å². The highest BCUT2D eigenvalue weighted by atomic mass is 14.6. The van der Waals surface area contributed by atoms with Crippen molar-refractivity contribution < 1.29 is 0 Å². The summed E-state index contributed by atoms with van der Waals surface area (Å²) in [6.45, 7) is 2.27. The monoisotopic (exact) mass is 576 g/mol. The van der Waals surface area contributed by atoms with Gasteiger partial charge < -0.3 is 0 Å². The minimum Gasteiger partial charge on any atom is -0.265 e. The van der Waals surface area contributed by atoms with Gasteiger partial charge in [0, 0.05) is 24.8 Å². The first-order valence-electron chi connectivity index (χ1n) is 15.6. The Labute approximate surface area is 264 Å². The van der Waals surface area contributed by atoms with Crippen LogP contribution >= 0.6 is 0 Å². The molecule has 2 aromatic heterocycles. The Morgan fingerprint density at radius 3 is 1.56 bits per heavy atom. The molecule has 0 N–H and O–H groups in total. The molecule has 0 bridgehead atoms. The number of hydrogen-bond acceptors (Lipinski definition) is 2. The molecule has 2 heteroatoms. The molecule has 7 aromatic rings. The molecule has 5 aromatic carbocycles. The lowest BCUT2D eigenvalue weighted by Crippen LogP contribution is -1.96. The van der Waals surface area contributed by atoms with E-state index in [1.165, 1.54) is 66.1 Å². The zero-order valence-corrected chi connectivity index (χ0v) is 25.2. The van der Waals surface area contributed by atoms with Crippen molar-refractivity contribution in [1.82, 2.24) is 9.97 Å². The van der Waals surface area contributed by atoms with Crippen molar-refractivity contribution in [2.75, 3.05) is 0 Å². The van der Waals surface area contributed by atoms with Crippen molar-refractivity contribution >= 4 is 27.1 Å². The third-order valence-electron chi connectivity index (χ3n) is 9.00. The van der Waals surface area contributed by atoms with E-state index in [0.29, 0.717) is 5.92 Å². The van der Waals surface area contributed by atoms with Gasteiger partial charge in [-0.1, -0.05) is 97.9 Å². The van der Waals surface area contributed by atoms with Crippen LogP contribution < -0.4 is 0 Å². The van der Waals surface area contributed by atoms with Crippen molar-refractivity contribution in [2.45, 2.75) is 13.3 Å². The Bertz CT molecular complexity index is 2240. The maximum atomic E-state index is 4.24. The van der Waals surface area contributed by atoms with Crippen LogP contribution in [-0.2, 0) is 0 Å². The average molecular weight is 577 g/mol. The number of rotatable bonds is 5. The van der Waals surface area contributed by atoms with Crippen LogP contribution in [0.4, 0.5) is 0 Å². The number of fused-ring (bicyclic) bond motifs is 2. The summed E-state index contributed by atoms with van der Waals surface area (Å²) in [4.78, 5) is 8.48. The smallest absolute Gasteiger partial charge is 0.0273 e. The lowest BCUT2D eigenvalue weighted by molar-refractivity contribution is 0.739. The zero-order chi connectivity index (χ0) is 30.2. The van der Waals surface area contributed by atoms with Crippen molar-refractivity contribution in [3.8, 4) is 44.5 Å². The average Bonchev–Trinajstić information content (AvgIpc) is 3.11. The fraction of sp³-hybridized carbons (Fsp3) is 0.0698. The number of nitrogens with zero attached hydrogens (tertiary/aromatic N) is 2. The largest absolute Gasteiger partial charge is 0.265 e. The van der Waals surface area contributed by atoms with Crippen molar-refractivity contribution in [2.24, 2.45) is 5.92 Å². The Morgan fingerprint density at radius 2 is 1.00 bits per heavy atom. The quantitative estimate of drug-likeness (QED) is 0.191. The third-order valence-corrected chi connectivity index (χ3v) is 9.00. The molecule has 2 heterocycles. The van der Waals surface area contributed by atoms with Crippen LogP contribution in [0.1, 0.15) is 18.9 Å². The Kier molecular flexibility index (Phi) is 6.88. The van der Waals surface area contributed by atoms with Gasteiger partial charge in [-0.25, -0.2) is 0 Å². The van der Waals surface area contributed by atoms with E-state index in [9.17, 15) is 0 Å². The molecular weight excluding hydrogens is 544 g/mol. The fourth-order valence-electron chi connectivity index (χ4n) is 6.72. The summed E-state index contributed by atoms with van der Waals surface area (Å²) >= 11 is 0. The number of aromatic nitrogens is 2. The molecule has 1 atom stereocenters. The molecular formula is C43H32N2. The summed E-state index contributed by atoms with van der Waals surface area (Å²) < 4.78 is 0. The molecule has 0 aliphatic heterocycles. The molecule has 0 spiro atoms. The minimum absolute atomic E-state index is 0.573. The lowest BCUT2D eigenvalue weighted by atomic mass is 9.83. The van der Waals surface area contributed by atoms with E-state index in [1.807, 2.05) is 24.8 Å². The molecule has 0 saturated heterocycles. The van der Waals surface area contributed by atoms with E-state index in [4.69, 9.17) is 0 Å². The second-order valence-electron chi connectivity index (χ2n) is 11.9. The Hall–Kier alpha value is -5.60. The van der Waals surface area contributed by atoms with Crippen molar-refractivity contribution in [3.63, 3.8) is 0 Å².